The van der Waals surface area contributed by atoms with Gasteiger partial charge in [0.1, 0.15) is 42.0 Å². The van der Waals surface area contributed by atoms with Crippen molar-refractivity contribution in [2.75, 3.05) is 6.61 Å². The van der Waals surface area contributed by atoms with Crippen molar-refractivity contribution >= 4 is 41.4 Å². The average molecular weight is 914 g/mol. The Bertz CT molecular complexity index is 2210. The van der Waals surface area contributed by atoms with E-state index in [1.807, 2.05) is 6.07 Å². The first-order valence-electron chi connectivity index (χ1n) is 21.4. The molecule has 66 heavy (non-hydrogen) atoms. The number of carboxylic acid groups (broad SMARTS) is 1. The molecule has 1 heterocycles. The number of nitrogens with zero attached hydrogens (tertiary/aromatic N) is 1. The number of aromatic nitrogens is 2. The summed E-state index contributed by atoms with van der Waals surface area (Å²) >= 11 is 0. The number of hydrogen-bond acceptors (Lipinski definition) is 12. The normalized spacial score (nSPS) is 14.8. The van der Waals surface area contributed by atoms with Crippen molar-refractivity contribution in [1.29, 1.82) is 0 Å². The summed E-state index contributed by atoms with van der Waals surface area (Å²) in [5, 5.41) is 55.6. The van der Waals surface area contributed by atoms with Crippen LogP contribution in [0.2, 0.25) is 0 Å². The largest absolute Gasteiger partial charge is 0.508 e. The lowest BCUT2D eigenvalue weighted by Crippen LogP contribution is -2.62. The van der Waals surface area contributed by atoms with Gasteiger partial charge in [-0.1, -0.05) is 86.6 Å². The molecule has 20 heteroatoms. The highest BCUT2D eigenvalue weighted by molar-refractivity contribution is 5.97. The number of benzene rings is 3. The molecule has 0 aliphatic heterocycles. The van der Waals surface area contributed by atoms with Crippen LogP contribution in [0.5, 0.6) is 5.75 Å². The minimum Gasteiger partial charge on any atom is -0.508 e. The smallest absolute Gasteiger partial charge is 0.326 e. The molecular weight excluding hydrogens is 855 g/mol. The Balaban J connectivity index is 1.49. The third kappa shape index (κ3) is 16.4. The topological polar surface area (TPSA) is 327 Å². The van der Waals surface area contributed by atoms with Gasteiger partial charge in [-0.3, -0.25) is 28.8 Å². The summed E-state index contributed by atoms with van der Waals surface area (Å²) < 4.78 is 0. The summed E-state index contributed by atoms with van der Waals surface area (Å²) in [7, 11) is 0. The highest BCUT2D eigenvalue weighted by atomic mass is 16.4. The number of carbonyl (C=O) groups is 7. The number of carboxylic acids is 1. The second kappa shape index (κ2) is 25.4. The lowest BCUT2D eigenvalue weighted by Gasteiger charge is -2.28. The number of aliphatic hydroxyl groups is 2. The first kappa shape index (κ1) is 51.5. The summed E-state index contributed by atoms with van der Waals surface area (Å²) in [5.74, 6) is -6.95. The molecule has 0 saturated carbocycles. The van der Waals surface area contributed by atoms with Gasteiger partial charge in [0.15, 0.2) is 0 Å². The zero-order chi connectivity index (χ0) is 48.3. The molecule has 0 aliphatic rings. The molecule has 4 aromatic rings. The van der Waals surface area contributed by atoms with Gasteiger partial charge in [-0.05, 0) is 54.5 Å². The van der Waals surface area contributed by atoms with Crippen LogP contribution in [0.1, 0.15) is 49.6 Å². The van der Waals surface area contributed by atoms with Crippen molar-refractivity contribution < 1.29 is 54.0 Å². The number of H-pyrrole nitrogens is 1. The number of aromatic hydroxyl groups is 1. The molecule has 0 unspecified atom stereocenters. The molecular formula is C46H59N9O11. The molecule has 0 radical (unpaired) electrons. The van der Waals surface area contributed by atoms with Crippen LogP contribution in [0.15, 0.2) is 97.5 Å². The average Bonchev–Trinajstić information content (AvgIpc) is 3.80. The Labute approximate surface area is 381 Å². The molecule has 0 fully saturated rings. The van der Waals surface area contributed by atoms with Crippen molar-refractivity contribution in [2.45, 2.75) is 101 Å². The standard InChI is InChI=1S/C46H59N9O11/c1-26(2)18-34(51-44(63)38(24-56)54-42(61)35(20-30-14-16-32(58)17-15-30)50-40(59)33(47)19-28-10-6-4-7-11-28)41(60)52-36(22-31-23-48-25-49-31)43(62)55-39(27(3)57)45(64)53-37(46(65)66)21-29-12-8-5-9-13-29/h4-17,23,25-27,33-39,56-58H,18-22,24,47H2,1-3H3,(H,48,49)(H,50,59)(H,51,63)(H,52,60)(H,53,64)(H,54,61)(H,55,62)(H,65,66)/t27-,33+,34+,35+,36+,37+,38+,39+/m1/s1. The van der Waals surface area contributed by atoms with E-state index in [-0.39, 0.29) is 43.8 Å². The number of aliphatic hydroxyl groups excluding tert-OH is 2. The van der Waals surface area contributed by atoms with Gasteiger partial charge >= 0.3 is 5.97 Å². The fourth-order valence-corrected chi connectivity index (χ4v) is 6.83. The van der Waals surface area contributed by atoms with Crippen molar-refractivity contribution in [2.24, 2.45) is 11.7 Å². The third-order valence-electron chi connectivity index (χ3n) is 10.4. The molecule has 6 amide bonds. The van der Waals surface area contributed by atoms with Crippen LogP contribution in [0.25, 0.3) is 0 Å². The number of nitrogens with two attached hydrogens (primary N) is 1. The van der Waals surface area contributed by atoms with E-state index in [2.05, 4.69) is 41.9 Å². The zero-order valence-electron chi connectivity index (χ0n) is 36.8. The maximum absolute atomic E-state index is 14.0. The predicted molar refractivity (Wildman–Crippen MR) is 240 cm³/mol. The fraction of sp³-hybridized carbons (Fsp3) is 0.391. The summed E-state index contributed by atoms with van der Waals surface area (Å²) in [6, 6.07) is 13.5. The molecule has 3 aromatic carbocycles. The minimum absolute atomic E-state index is 0.0115. The number of rotatable bonds is 25. The van der Waals surface area contributed by atoms with E-state index < -0.39 is 96.4 Å². The van der Waals surface area contributed by atoms with Crippen LogP contribution in [-0.4, -0.2) is 127 Å². The van der Waals surface area contributed by atoms with Crippen LogP contribution in [0.3, 0.4) is 0 Å². The number of phenolic OH excluding ortho intramolecular Hbond substituents is 1. The van der Waals surface area contributed by atoms with Crippen LogP contribution in [-0.2, 0) is 59.2 Å². The second-order valence-corrected chi connectivity index (χ2v) is 16.3. The first-order chi connectivity index (χ1) is 31.4. The maximum atomic E-state index is 14.0. The van der Waals surface area contributed by atoms with Gasteiger partial charge in [0.2, 0.25) is 35.4 Å². The Morgan fingerprint density at radius 3 is 1.61 bits per heavy atom. The van der Waals surface area contributed by atoms with Crippen LogP contribution in [0, 0.1) is 5.92 Å². The summed E-state index contributed by atoms with van der Waals surface area (Å²) in [6.45, 7) is 3.82. The Hall–Kier alpha value is -7.16. The molecule has 4 rings (SSSR count). The van der Waals surface area contributed by atoms with Gasteiger partial charge in [-0.25, -0.2) is 9.78 Å². The summed E-state index contributed by atoms with van der Waals surface area (Å²) in [4.78, 5) is 101. The number of carbonyl (C=O) groups excluding carboxylic acids is 6. The number of hydrogen-bond donors (Lipinski definition) is 12. The maximum Gasteiger partial charge on any atom is 0.326 e. The number of imidazole rings is 1. The lowest BCUT2D eigenvalue weighted by molar-refractivity contribution is -0.143. The number of aromatic amines is 1. The Morgan fingerprint density at radius 2 is 1.06 bits per heavy atom. The fourth-order valence-electron chi connectivity index (χ4n) is 6.83. The molecule has 354 valence electrons. The van der Waals surface area contributed by atoms with Crippen molar-refractivity contribution in [3.63, 3.8) is 0 Å². The van der Waals surface area contributed by atoms with Crippen molar-refractivity contribution in [1.82, 2.24) is 41.9 Å². The molecule has 0 bridgehead atoms. The number of nitrogens with one attached hydrogen (secondary N) is 7. The highest BCUT2D eigenvalue weighted by Crippen LogP contribution is 2.13. The SMILES string of the molecule is CC(C)C[C@H](NC(=O)[C@H](CO)NC(=O)[C@H](Cc1ccc(O)cc1)NC(=O)[C@@H](N)Cc1ccccc1)C(=O)N[C@@H](Cc1cnc[nH]1)C(=O)N[C@H](C(=O)N[C@@H](Cc1ccccc1)C(=O)O)[C@@H](C)O. The monoisotopic (exact) mass is 913 g/mol. The third-order valence-corrected chi connectivity index (χ3v) is 10.4. The van der Waals surface area contributed by atoms with Gasteiger partial charge in [-0.15, -0.1) is 0 Å². The summed E-state index contributed by atoms with van der Waals surface area (Å²) in [6.07, 6.45) is 0.970. The Kier molecular flexibility index (Phi) is 19.8. The zero-order valence-corrected chi connectivity index (χ0v) is 36.8. The van der Waals surface area contributed by atoms with Crippen LogP contribution in [0.4, 0.5) is 0 Å². The number of amides is 6. The van der Waals surface area contributed by atoms with E-state index in [1.165, 1.54) is 43.7 Å². The van der Waals surface area contributed by atoms with Gasteiger partial charge < -0.3 is 63.0 Å². The first-order valence-corrected chi connectivity index (χ1v) is 21.4. The van der Waals surface area contributed by atoms with E-state index >= 15 is 0 Å². The van der Waals surface area contributed by atoms with Gasteiger partial charge in [0, 0.05) is 31.2 Å². The molecule has 20 nitrogen and oxygen atoms in total. The van der Waals surface area contributed by atoms with Crippen LogP contribution >= 0.6 is 0 Å². The predicted octanol–water partition coefficient (Wildman–Crippen LogP) is -0.874. The summed E-state index contributed by atoms with van der Waals surface area (Å²) in [5.41, 5.74) is 8.51. The van der Waals surface area contributed by atoms with Gasteiger partial charge in [0.25, 0.3) is 0 Å². The molecule has 8 atom stereocenters. The highest BCUT2D eigenvalue weighted by Gasteiger charge is 2.35. The van der Waals surface area contributed by atoms with E-state index in [4.69, 9.17) is 5.73 Å². The number of aliphatic carboxylic acids is 1. The van der Waals surface area contributed by atoms with E-state index in [9.17, 15) is 54.0 Å². The second-order valence-electron chi connectivity index (χ2n) is 16.3. The van der Waals surface area contributed by atoms with Gasteiger partial charge in [0.05, 0.1) is 25.1 Å². The quantitative estimate of drug-likeness (QED) is 0.0385. The van der Waals surface area contributed by atoms with Gasteiger partial charge in [-0.2, -0.15) is 0 Å². The lowest BCUT2D eigenvalue weighted by atomic mass is 10.0. The Morgan fingerprint density at radius 1 is 0.591 bits per heavy atom. The van der Waals surface area contributed by atoms with Crippen molar-refractivity contribution in [3.05, 3.63) is 120 Å². The molecule has 1 aromatic heterocycles. The molecule has 0 spiro atoms. The molecule has 0 aliphatic carbocycles. The van der Waals surface area contributed by atoms with Crippen molar-refractivity contribution in [3.8, 4) is 5.75 Å². The number of phenols is 1. The van der Waals surface area contributed by atoms with E-state index in [0.29, 0.717) is 16.8 Å². The van der Waals surface area contributed by atoms with E-state index in [0.717, 1.165) is 5.56 Å². The molecule has 13 N–H and O–H groups in total. The van der Waals surface area contributed by atoms with Crippen LogP contribution < -0.4 is 37.6 Å². The molecule has 0 saturated heterocycles. The minimum atomic E-state index is -1.67. The van der Waals surface area contributed by atoms with E-state index in [1.54, 1.807) is 68.4 Å².